The number of fused-ring (bicyclic) bond motifs is 1. The van der Waals surface area contributed by atoms with Crippen molar-refractivity contribution in [2.24, 2.45) is 0 Å². The molecule has 20 heavy (non-hydrogen) atoms. The molecule has 104 valence electrons. The van der Waals surface area contributed by atoms with Crippen LogP contribution in [0.1, 0.15) is 23.5 Å². The van der Waals surface area contributed by atoms with Crippen LogP contribution in [0.15, 0.2) is 36.7 Å². The predicted octanol–water partition coefficient (Wildman–Crippen LogP) is 1.93. The van der Waals surface area contributed by atoms with Crippen LogP contribution in [0.5, 0.6) is 5.75 Å². The van der Waals surface area contributed by atoms with E-state index in [0.717, 1.165) is 23.3 Å². The number of carbonyl (C=O) groups is 1. The molecule has 0 bridgehead atoms. The van der Waals surface area contributed by atoms with Gasteiger partial charge in [0.2, 0.25) is 5.91 Å². The van der Waals surface area contributed by atoms with Crippen molar-refractivity contribution < 1.29 is 9.53 Å². The van der Waals surface area contributed by atoms with Gasteiger partial charge in [0, 0.05) is 30.9 Å². The number of likely N-dealkylation sites (N-methyl/N-ethyl adjacent to an activating group) is 1. The lowest BCUT2D eigenvalue weighted by atomic mass is 9.92. The van der Waals surface area contributed by atoms with Gasteiger partial charge in [-0.3, -0.25) is 9.89 Å². The molecule has 1 aliphatic rings. The summed E-state index contributed by atoms with van der Waals surface area (Å²) >= 11 is 0. The standard InChI is InChI=1S/C15H17N3O2/c1-18(10-11-8-16-17-9-11)15(19)13-6-7-20-14-5-3-2-4-12(13)14/h2-5,8-9,13H,6-7,10H2,1H3,(H,16,17). The summed E-state index contributed by atoms with van der Waals surface area (Å²) in [5.41, 5.74) is 1.99. The molecule has 0 spiro atoms. The molecule has 1 atom stereocenters. The molecule has 2 heterocycles. The number of aromatic nitrogens is 2. The highest BCUT2D eigenvalue weighted by molar-refractivity contribution is 5.84. The van der Waals surface area contributed by atoms with Crippen molar-refractivity contribution in [3.05, 3.63) is 47.8 Å². The summed E-state index contributed by atoms with van der Waals surface area (Å²) < 4.78 is 5.60. The van der Waals surface area contributed by atoms with E-state index < -0.39 is 0 Å². The zero-order chi connectivity index (χ0) is 13.9. The number of hydrogen-bond donors (Lipinski definition) is 1. The number of carbonyl (C=O) groups excluding carboxylic acids is 1. The van der Waals surface area contributed by atoms with Crippen molar-refractivity contribution >= 4 is 5.91 Å². The van der Waals surface area contributed by atoms with Crippen LogP contribution in [0, 0.1) is 0 Å². The zero-order valence-corrected chi connectivity index (χ0v) is 11.4. The van der Waals surface area contributed by atoms with Crippen molar-refractivity contribution in [3.8, 4) is 5.75 Å². The summed E-state index contributed by atoms with van der Waals surface area (Å²) in [6, 6.07) is 7.78. The molecular weight excluding hydrogens is 254 g/mol. The van der Waals surface area contributed by atoms with Crippen molar-refractivity contribution in [2.75, 3.05) is 13.7 Å². The smallest absolute Gasteiger partial charge is 0.230 e. The van der Waals surface area contributed by atoms with Crippen LogP contribution in [-0.4, -0.2) is 34.7 Å². The van der Waals surface area contributed by atoms with Gasteiger partial charge in [0.25, 0.3) is 0 Å². The van der Waals surface area contributed by atoms with Gasteiger partial charge in [0.05, 0.1) is 18.7 Å². The summed E-state index contributed by atoms with van der Waals surface area (Å²) in [5.74, 6) is 0.840. The highest BCUT2D eigenvalue weighted by atomic mass is 16.5. The quantitative estimate of drug-likeness (QED) is 0.928. The lowest BCUT2D eigenvalue weighted by Crippen LogP contribution is -2.33. The third-order valence-electron chi connectivity index (χ3n) is 3.61. The molecule has 1 aliphatic heterocycles. The molecule has 0 radical (unpaired) electrons. The minimum Gasteiger partial charge on any atom is -0.493 e. The molecule has 2 aromatic rings. The third-order valence-corrected chi connectivity index (χ3v) is 3.61. The second-order valence-corrected chi connectivity index (χ2v) is 5.03. The Hall–Kier alpha value is -2.30. The molecule has 1 amide bonds. The number of rotatable bonds is 3. The van der Waals surface area contributed by atoms with E-state index in [1.807, 2.05) is 37.5 Å². The van der Waals surface area contributed by atoms with Gasteiger partial charge in [-0.15, -0.1) is 0 Å². The topological polar surface area (TPSA) is 58.2 Å². The molecule has 1 unspecified atom stereocenters. The van der Waals surface area contributed by atoms with E-state index in [0.29, 0.717) is 13.2 Å². The summed E-state index contributed by atoms with van der Waals surface area (Å²) in [7, 11) is 1.83. The van der Waals surface area contributed by atoms with Crippen LogP contribution in [0.3, 0.4) is 0 Å². The fraction of sp³-hybridized carbons (Fsp3) is 0.333. The minimum atomic E-state index is -0.114. The maximum Gasteiger partial charge on any atom is 0.230 e. The monoisotopic (exact) mass is 271 g/mol. The first kappa shape index (κ1) is 12.7. The normalized spacial score (nSPS) is 17.1. The van der Waals surface area contributed by atoms with E-state index in [-0.39, 0.29) is 11.8 Å². The Bertz CT molecular complexity index is 595. The molecule has 0 saturated heterocycles. The second-order valence-electron chi connectivity index (χ2n) is 5.03. The summed E-state index contributed by atoms with van der Waals surface area (Å²) in [4.78, 5) is 14.4. The Labute approximate surface area is 117 Å². The Morgan fingerprint density at radius 2 is 2.35 bits per heavy atom. The largest absolute Gasteiger partial charge is 0.493 e. The van der Waals surface area contributed by atoms with E-state index >= 15 is 0 Å². The van der Waals surface area contributed by atoms with Crippen LogP contribution >= 0.6 is 0 Å². The minimum absolute atomic E-state index is 0.114. The second kappa shape index (κ2) is 5.36. The van der Waals surface area contributed by atoms with Crippen LogP contribution in [0.25, 0.3) is 0 Å². The molecular formula is C15H17N3O2. The van der Waals surface area contributed by atoms with Crippen LogP contribution in [0.4, 0.5) is 0 Å². The zero-order valence-electron chi connectivity index (χ0n) is 11.4. The first-order chi connectivity index (χ1) is 9.75. The maximum absolute atomic E-state index is 12.6. The summed E-state index contributed by atoms with van der Waals surface area (Å²) in [5, 5.41) is 6.66. The first-order valence-corrected chi connectivity index (χ1v) is 6.70. The van der Waals surface area contributed by atoms with Crippen LogP contribution in [0.2, 0.25) is 0 Å². The van der Waals surface area contributed by atoms with Crippen LogP contribution in [-0.2, 0) is 11.3 Å². The van der Waals surface area contributed by atoms with Gasteiger partial charge in [-0.2, -0.15) is 5.10 Å². The van der Waals surface area contributed by atoms with Crippen molar-refractivity contribution in [1.29, 1.82) is 0 Å². The molecule has 3 rings (SSSR count). The number of nitrogens with zero attached hydrogens (tertiary/aromatic N) is 2. The van der Waals surface area contributed by atoms with E-state index in [2.05, 4.69) is 10.2 Å². The first-order valence-electron chi connectivity index (χ1n) is 6.70. The van der Waals surface area contributed by atoms with E-state index in [1.165, 1.54) is 0 Å². The Morgan fingerprint density at radius 1 is 1.50 bits per heavy atom. The van der Waals surface area contributed by atoms with Crippen molar-refractivity contribution in [1.82, 2.24) is 15.1 Å². The number of amides is 1. The average Bonchev–Trinajstić information content (AvgIpc) is 2.99. The Balaban J connectivity index is 1.77. The number of benzene rings is 1. The van der Waals surface area contributed by atoms with Gasteiger partial charge in [-0.25, -0.2) is 0 Å². The summed E-state index contributed by atoms with van der Waals surface area (Å²) in [6.07, 6.45) is 4.27. The number of aromatic amines is 1. The number of hydrogen-bond acceptors (Lipinski definition) is 3. The van der Waals surface area contributed by atoms with Gasteiger partial charge in [-0.1, -0.05) is 18.2 Å². The van der Waals surface area contributed by atoms with Crippen molar-refractivity contribution in [2.45, 2.75) is 18.9 Å². The van der Waals surface area contributed by atoms with Gasteiger partial charge < -0.3 is 9.64 Å². The van der Waals surface area contributed by atoms with E-state index in [4.69, 9.17) is 4.74 Å². The molecule has 1 aromatic carbocycles. The SMILES string of the molecule is CN(Cc1cn[nH]c1)C(=O)C1CCOc2ccccc21. The molecule has 5 nitrogen and oxygen atoms in total. The highest BCUT2D eigenvalue weighted by Gasteiger charge is 2.29. The number of nitrogens with one attached hydrogen (secondary N) is 1. The number of para-hydroxylation sites is 1. The fourth-order valence-corrected chi connectivity index (χ4v) is 2.58. The molecule has 5 heteroatoms. The Kier molecular flexibility index (Phi) is 3.41. The average molecular weight is 271 g/mol. The third kappa shape index (κ3) is 2.39. The van der Waals surface area contributed by atoms with Crippen molar-refractivity contribution in [3.63, 3.8) is 0 Å². The molecule has 1 N–H and O–H groups in total. The van der Waals surface area contributed by atoms with E-state index in [9.17, 15) is 4.79 Å². The van der Waals surface area contributed by atoms with Gasteiger partial charge in [-0.05, 0) is 12.5 Å². The van der Waals surface area contributed by atoms with Gasteiger partial charge >= 0.3 is 0 Å². The lowest BCUT2D eigenvalue weighted by molar-refractivity contribution is -0.132. The molecule has 0 aliphatic carbocycles. The van der Waals surface area contributed by atoms with Gasteiger partial charge in [0.15, 0.2) is 0 Å². The van der Waals surface area contributed by atoms with Gasteiger partial charge in [0.1, 0.15) is 5.75 Å². The fourth-order valence-electron chi connectivity index (χ4n) is 2.58. The number of ether oxygens (including phenoxy) is 1. The predicted molar refractivity (Wildman–Crippen MR) is 74.4 cm³/mol. The number of H-pyrrole nitrogens is 1. The lowest BCUT2D eigenvalue weighted by Gasteiger charge is -2.28. The molecule has 1 aromatic heterocycles. The summed E-state index contributed by atoms with van der Waals surface area (Å²) in [6.45, 7) is 1.15. The Morgan fingerprint density at radius 3 is 3.15 bits per heavy atom. The maximum atomic E-state index is 12.6. The van der Waals surface area contributed by atoms with Crippen LogP contribution < -0.4 is 4.74 Å². The molecule has 0 saturated carbocycles. The molecule has 0 fully saturated rings. The van der Waals surface area contributed by atoms with E-state index in [1.54, 1.807) is 11.1 Å². The highest BCUT2D eigenvalue weighted by Crippen LogP contribution is 2.34.